The van der Waals surface area contributed by atoms with Gasteiger partial charge in [0, 0.05) is 50.9 Å². The molecule has 2 amide bonds. The molecule has 2 aliphatic heterocycles. The molecule has 0 aromatic heterocycles. The quantitative estimate of drug-likeness (QED) is 0.919. The highest BCUT2D eigenvalue weighted by atomic mass is 16.5. The third-order valence-electron chi connectivity index (χ3n) is 4.71. The lowest BCUT2D eigenvalue weighted by Crippen LogP contribution is -2.43. The van der Waals surface area contributed by atoms with Crippen LogP contribution in [0.3, 0.4) is 0 Å². The van der Waals surface area contributed by atoms with Gasteiger partial charge in [-0.05, 0) is 37.1 Å². The molecule has 1 aromatic rings. The molecule has 0 bridgehead atoms. The number of hydrogen-bond acceptors (Lipinski definition) is 4. The van der Waals surface area contributed by atoms with Crippen LogP contribution in [0.2, 0.25) is 0 Å². The zero-order chi connectivity index (χ0) is 16.8. The highest BCUT2D eigenvalue weighted by Crippen LogP contribution is 2.17. The van der Waals surface area contributed by atoms with Crippen molar-refractivity contribution in [3.63, 3.8) is 0 Å². The van der Waals surface area contributed by atoms with Gasteiger partial charge in [0.05, 0.1) is 18.2 Å². The molecule has 1 N–H and O–H groups in total. The fourth-order valence-electron chi connectivity index (χ4n) is 3.21. The molecule has 0 spiro atoms. The van der Waals surface area contributed by atoms with Gasteiger partial charge < -0.3 is 19.9 Å². The molecule has 1 aromatic carbocycles. The van der Waals surface area contributed by atoms with Gasteiger partial charge in [0.25, 0.3) is 0 Å². The van der Waals surface area contributed by atoms with Crippen molar-refractivity contribution in [2.24, 2.45) is 5.92 Å². The monoisotopic (exact) mass is 328 g/mol. The number of ether oxygens (including phenoxy) is 1. The fraction of sp³-hybridized carbons (Fsp3) is 0.556. The van der Waals surface area contributed by atoms with E-state index in [9.17, 15) is 4.79 Å². The molecule has 6 nitrogen and oxygen atoms in total. The minimum atomic E-state index is 0.0311. The number of rotatable bonds is 3. The Kier molecular flexibility index (Phi) is 5.55. The average molecular weight is 328 g/mol. The standard InChI is InChI=1S/C18H24N4O2/c19-12-15-2-4-17(5-3-15)21-7-1-8-22(10-9-21)18(23)20-13-16-6-11-24-14-16/h2-5,16H,1,6-11,13-14H2,(H,20,23)/t16-/m1/s1. The van der Waals surface area contributed by atoms with Gasteiger partial charge in [0.15, 0.2) is 0 Å². The van der Waals surface area contributed by atoms with Crippen molar-refractivity contribution in [2.75, 3.05) is 50.8 Å². The number of nitrogens with zero attached hydrogens (tertiary/aromatic N) is 3. The molecular formula is C18H24N4O2. The second-order valence-corrected chi connectivity index (χ2v) is 6.40. The van der Waals surface area contributed by atoms with Crippen molar-refractivity contribution in [1.82, 2.24) is 10.2 Å². The second kappa shape index (κ2) is 8.02. The van der Waals surface area contributed by atoms with Crippen LogP contribution in [0.5, 0.6) is 0 Å². The molecule has 2 fully saturated rings. The van der Waals surface area contributed by atoms with Gasteiger partial charge in [0.2, 0.25) is 0 Å². The number of carbonyl (C=O) groups excluding carboxylic acids is 1. The SMILES string of the molecule is N#Cc1ccc(N2CCCN(C(=O)NC[C@H]3CCOC3)CC2)cc1. The van der Waals surface area contributed by atoms with E-state index in [0.29, 0.717) is 24.6 Å². The lowest BCUT2D eigenvalue weighted by Gasteiger charge is -2.24. The first-order chi connectivity index (χ1) is 11.8. The van der Waals surface area contributed by atoms with Gasteiger partial charge in [-0.25, -0.2) is 4.79 Å². The van der Waals surface area contributed by atoms with Crippen LogP contribution in [-0.2, 0) is 4.74 Å². The molecule has 6 heteroatoms. The third kappa shape index (κ3) is 4.18. The van der Waals surface area contributed by atoms with Crippen LogP contribution in [0.1, 0.15) is 18.4 Å². The lowest BCUT2D eigenvalue weighted by atomic mass is 10.1. The summed E-state index contributed by atoms with van der Waals surface area (Å²) in [6, 6.07) is 9.82. The van der Waals surface area contributed by atoms with Gasteiger partial charge in [0.1, 0.15) is 0 Å². The van der Waals surface area contributed by atoms with Gasteiger partial charge in [-0.15, -0.1) is 0 Å². The molecule has 3 rings (SSSR count). The zero-order valence-electron chi connectivity index (χ0n) is 13.9. The van der Waals surface area contributed by atoms with E-state index in [2.05, 4.69) is 16.3 Å². The predicted molar refractivity (Wildman–Crippen MR) is 91.9 cm³/mol. The van der Waals surface area contributed by atoms with E-state index in [1.54, 1.807) is 0 Å². The summed E-state index contributed by atoms with van der Waals surface area (Å²) in [7, 11) is 0. The van der Waals surface area contributed by atoms with Gasteiger partial charge in [-0.2, -0.15) is 5.26 Å². The Morgan fingerprint density at radius 2 is 2.08 bits per heavy atom. The third-order valence-corrected chi connectivity index (χ3v) is 4.71. The van der Waals surface area contributed by atoms with Crippen LogP contribution in [0.25, 0.3) is 0 Å². The van der Waals surface area contributed by atoms with Crippen LogP contribution in [0.15, 0.2) is 24.3 Å². The number of benzene rings is 1. The average Bonchev–Trinajstić information content (AvgIpc) is 3.02. The number of urea groups is 1. The largest absolute Gasteiger partial charge is 0.381 e. The molecular weight excluding hydrogens is 304 g/mol. The maximum Gasteiger partial charge on any atom is 0.317 e. The van der Waals surface area contributed by atoms with Crippen LogP contribution in [-0.4, -0.2) is 56.9 Å². The molecule has 2 aliphatic rings. The van der Waals surface area contributed by atoms with Crippen LogP contribution < -0.4 is 10.2 Å². The van der Waals surface area contributed by atoms with Gasteiger partial charge in [-0.1, -0.05) is 0 Å². The molecule has 128 valence electrons. The van der Waals surface area contributed by atoms with Crippen molar-refractivity contribution in [3.05, 3.63) is 29.8 Å². The number of anilines is 1. The smallest absolute Gasteiger partial charge is 0.317 e. The predicted octanol–water partition coefficient (Wildman–Crippen LogP) is 1.82. The molecule has 24 heavy (non-hydrogen) atoms. The Bertz CT molecular complexity index is 590. The summed E-state index contributed by atoms with van der Waals surface area (Å²) in [6.07, 6.45) is 1.98. The van der Waals surface area contributed by atoms with E-state index in [1.165, 1.54) is 0 Å². The topological polar surface area (TPSA) is 68.6 Å². The number of nitriles is 1. The highest BCUT2D eigenvalue weighted by Gasteiger charge is 2.21. The van der Waals surface area contributed by atoms with E-state index in [1.807, 2.05) is 29.2 Å². The summed E-state index contributed by atoms with van der Waals surface area (Å²) in [5, 5.41) is 11.9. The van der Waals surface area contributed by atoms with Crippen molar-refractivity contribution >= 4 is 11.7 Å². The number of hydrogen-bond donors (Lipinski definition) is 1. The summed E-state index contributed by atoms with van der Waals surface area (Å²) >= 11 is 0. The Hall–Kier alpha value is -2.26. The van der Waals surface area contributed by atoms with Crippen LogP contribution in [0.4, 0.5) is 10.5 Å². The Morgan fingerprint density at radius 1 is 1.25 bits per heavy atom. The highest BCUT2D eigenvalue weighted by molar-refractivity contribution is 5.74. The Labute approximate surface area is 143 Å². The first-order valence-electron chi connectivity index (χ1n) is 8.62. The summed E-state index contributed by atoms with van der Waals surface area (Å²) < 4.78 is 5.34. The van der Waals surface area contributed by atoms with Crippen LogP contribution in [0, 0.1) is 17.2 Å². The van der Waals surface area contributed by atoms with Crippen molar-refractivity contribution in [3.8, 4) is 6.07 Å². The second-order valence-electron chi connectivity index (χ2n) is 6.40. The first kappa shape index (κ1) is 16.6. The summed E-state index contributed by atoms with van der Waals surface area (Å²) in [4.78, 5) is 16.5. The van der Waals surface area contributed by atoms with Crippen molar-refractivity contribution in [2.45, 2.75) is 12.8 Å². The van der Waals surface area contributed by atoms with E-state index < -0.39 is 0 Å². The molecule has 0 radical (unpaired) electrons. The maximum absolute atomic E-state index is 12.4. The normalized spacial score (nSPS) is 21.2. The van der Waals surface area contributed by atoms with E-state index in [0.717, 1.165) is 51.4 Å². The minimum Gasteiger partial charge on any atom is -0.381 e. The van der Waals surface area contributed by atoms with Gasteiger partial charge in [-0.3, -0.25) is 0 Å². The fourth-order valence-corrected chi connectivity index (χ4v) is 3.21. The number of amides is 2. The minimum absolute atomic E-state index is 0.0311. The number of carbonyl (C=O) groups is 1. The molecule has 2 saturated heterocycles. The van der Waals surface area contributed by atoms with Crippen molar-refractivity contribution < 1.29 is 9.53 Å². The lowest BCUT2D eigenvalue weighted by molar-refractivity contribution is 0.181. The van der Waals surface area contributed by atoms with E-state index >= 15 is 0 Å². The summed E-state index contributed by atoms with van der Waals surface area (Å²) in [5.41, 5.74) is 1.78. The molecule has 1 atom stereocenters. The molecule has 0 unspecified atom stereocenters. The van der Waals surface area contributed by atoms with E-state index in [-0.39, 0.29) is 6.03 Å². The molecule has 0 saturated carbocycles. The van der Waals surface area contributed by atoms with Crippen molar-refractivity contribution in [1.29, 1.82) is 5.26 Å². The number of nitrogens with one attached hydrogen (secondary N) is 1. The summed E-state index contributed by atoms with van der Waals surface area (Å²) in [5.74, 6) is 0.455. The molecule has 0 aliphatic carbocycles. The van der Waals surface area contributed by atoms with Crippen LogP contribution >= 0.6 is 0 Å². The Balaban J connectivity index is 1.50. The Morgan fingerprint density at radius 3 is 2.79 bits per heavy atom. The first-order valence-corrected chi connectivity index (χ1v) is 8.62. The van der Waals surface area contributed by atoms with E-state index in [4.69, 9.17) is 10.00 Å². The maximum atomic E-state index is 12.4. The summed E-state index contributed by atoms with van der Waals surface area (Å²) in [6.45, 7) is 5.50. The zero-order valence-corrected chi connectivity index (χ0v) is 13.9. The molecule has 2 heterocycles. The van der Waals surface area contributed by atoms with Gasteiger partial charge >= 0.3 is 6.03 Å².